The van der Waals surface area contributed by atoms with Crippen molar-refractivity contribution in [3.05, 3.63) is 28.8 Å². The van der Waals surface area contributed by atoms with Crippen LogP contribution in [0.5, 0.6) is 0 Å². The van der Waals surface area contributed by atoms with Gasteiger partial charge in [0.25, 0.3) is 0 Å². The molecule has 2 unspecified atom stereocenters. The molecule has 0 bridgehead atoms. The van der Waals surface area contributed by atoms with Gasteiger partial charge in [-0.25, -0.2) is 0 Å². The van der Waals surface area contributed by atoms with Gasteiger partial charge < -0.3 is 5.32 Å². The van der Waals surface area contributed by atoms with Crippen LogP contribution in [-0.2, 0) is 0 Å². The highest BCUT2D eigenvalue weighted by Gasteiger charge is 2.22. The minimum absolute atomic E-state index is 0.622. The van der Waals surface area contributed by atoms with E-state index in [0.29, 0.717) is 6.04 Å². The second-order valence-electron chi connectivity index (χ2n) is 6.47. The molecule has 2 atom stereocenters. The third-order valence-corrected chi connectivity index (χ3v) is 4.54. The standard InChI is InChI=1S/C17H26ClN/c1-12(2)9-14-5-4-6-15(10-14)19-16-8-7-13(3)17(18)11-16/h7-8,11-12,14-15,19H,4-6,9-10H2,1-3H3. The van der Waals surface area contributed by atoms with Gasteiger partial charge in [0.1, 0.15) is 0 Å². The molecule has 1 nitrogen and oxygen atoms in total. The third-order valence-electron chi connectivity index (χ3n) is 4.13. The summed E-state index contributed by atoms with van der Waals surface area (Å²) in [4.78, 5) is 0. The molecule has 1 aromatic rings. The molecule has 106 valence electrons. The molecule has 0 radical (unpaired) electrons. The lowest BCUT2D eigenvalue weighted by Crippen LogP contribution is -2.27. The van der Waals surface area contributed by atoms with Gasteiger partial charge in [-0.05, 0) is 55.7 Å². The largest absolute Gasteiger partial charge is 0.382 e. The van der Waals surface area contributed by atoms with Gasteiger partial charge in [0.2, 0.25) is 0 Å². The van der Waals surface area contributed by atoms with Crippen LogP contribution < -0.4 is 5.32 Å². The molecule has 2 rings (SSSR count). The van der Waals surface area contributed by atoms with E-state index in [-0.39, 0.29) is 0 Å². The van der Waals surface area contributed by atoms with Gasteiger partial charge in [-0.2, -0.15) is 0 Å². The number of nitrogens with one attached hydrogen (secondary N) is 1. The van der Waals surface area contributed by atoms with Gasteiger partial charge in [-0.15, -0.1) is 0 Å². The van der Waals surface area contributed by atoms with Crippen LogP contribution in [-0.4, -0.2) is 6.04 Å². The molecule has 2 heteroatoms. The molecule has 0 saturated heterocycles. The Morgan fingerprint density at radius 1 is 1.32 bits per heavy atom. The Morgan fingerprint density at radius 3 is 2.79 bits per heavy atom. The molecule has 0 aromatic heterocycles. The van der Waals surface area contributed by atoms with Crippen molar-refractivity contribution in [1.29, 1.82) is 0 Å². The maximum absolute atomic E-state index is 6.19. The molecule has 0 spiro atoms. The van der Waals surface area contributed by atoms with E-state index in [4.69, 9.17) is 11.6 Å². The fraction of sp³-hybridized carbons (Fsp3) is 0.647. The fourth-order valence-corrected chi connectivity index (χ4v) is 3.40. The first-order valence-corrected chi connectivity index (χ1v) is 7.95. The summed E-state index contributed by atoms with van der Waals surface area (Å²) in [6.07, 6.45) is 6.73. The summed E-state index contributed by atoms with van der Waals surface area (Å²) in [7, 11) is 0. The SMILES string of the molecule is Cc1ccc(NC2CCCC(CC(C)C)C2)cc1Cl. The number of hydrogen-bond donors (Lipinski definition) is 1. The van der Waals surface area contributed by atoms with Crippen molar-refractivity contribution in [2.24, 2.45) is 11.8 Å². The lowest BCUT2D eigenvalue weighted by molar-refractivity contribution is 0.289. The second-order valence-corrected chi connectivity index (χ2v) is 6.87. The van der Waals surface area contributed by atoms with E-state index in [1.54, 1.807) is 0 Å². The Kier molecular flexibility index (Phi) is 5.15. The van der Waals surface area contributed by atoms with E-state index in [2.05, 4.69) is 37.4 Å². The number of halogens is 1. The predicted molar refractivity (Wildman–Crippen MR) is 85.0 cm³/mol. The average molecular weight is 280 g/mol. The van der Waals surface area contributed by atoms with Crippen molar-refractivity contribution in [1.82, 2.24) is 0 Å². The summed E-state index contributed by atoms with van der Waals surface area (Å²) >= 11 is 6.19. The Bertz CT molecular complexity index is 414. The highest BCUT2D eigenvalue weighted by Crippen LogP contribution is 2.31. The van der Waals surface area contributed by atoms with E-state index in [1.165, 1.54) is 37.8 Å². The van der Waals surface area contributed by atoms with E-state index in [0.717, 1.165) is 22.4 Å². The molecule has 0 heterocycles. The van der Waals surface area contributed by atoms with Crippen LogP contribution in [0.1, 0.15) is 51.5 Å². The van der Waals surface area contributed by atoms with Crippen molar-refractivity contribution < 1.29 is 0 Å². The van der Waals surface area contributed by atoms with Crippen LogP contribution in [0.25, 0.3) is 0 Å². The van der Waals surface area contributed by atoms with Crippen molar-refractivity contribution in [3.63, 3.8) is 0 Å². The predicted octanol–water partition coefficient (Wildman–Crippen LogP) is 5.67. The summed E-state index contributed by atoms with van der Waals surface area (Å²) in [6, 6.07) is 6.92. The molecular formula is C17H26ClN. The van der Waals surface area contributed by atoms with Crippen LogP contribution in [0.2, 0.25) is 5.02 Å². The Hall–Kier alpha value is -0.690. The minimum Gasteiger partial charge on any atom is -0.382 e. The first-order chi connectivity index (χ1) is 9.04. The molecule has 1 aromatic carbocycles. The normalized spacial score (nSPS) is 23.6. The van der Waals surface area contributed by atoms with E-state index < -0.39 is 0 Å². The zero-order valence-corrected chi connectivity index (χ0v) is 13.1. The average Bonchev–Trinajstić information content (AvgIpc) is 2.33. The summed E-state index contributed by atoms with van der Waals surface area (Å²) in [5.41, 5.74) is 2.32. The molecule has 1 saturated carbocycles. The number of rotatable bonds is 4. The lowest BCUT2D eigenvalue weighted by atomic mass is 9.81. The van der Waals surface area contributed by atoms with Gasteiger partial charge in [-0.1, -0.05) is 44.4 Å². The van der Waals surface area contributed by atoms with Crippen LogP contribution in [0.4, 0.5) is 5.69 Å². The first kappa shape index (κ1) is 14.7. The van der Waals surface area contributed by atoms with Crippen LogP contribution in [0.3, 0.4) is 0 Å². The Balaban J connectivity index is 1.92. The molecular weight excluding hydrogens is 254 g/mol. The molecule has 1 aliphatic rings. The molecule has 1 N–H and O–H groups in total. The highest BCUT2D eigenvalue weighted by atomic mass is 35.5. The van der Waals surface area contributed by atoms with Crippen LogP contribution >= 0.6 is 11.6 Å². The molecule has 19 heavy (non-hydrogen) atoms. The zero-order valence-electron chi connectivity index (χ0n) is 12.4. The molecule has 1 fully saturated rings. The summed E-state index contributed by atoms with van der Waals surface area (Å²) in [5.74, 6) is 1.71. The maximum atomic E-state index is 6.19. The Morgan fingerprint density at radius 2 is 2.11 bits per heavy atom. The van der Waals surface area contributed by atoms with E-state index in [9.17, 15) is 0 Å². The number of anilines is 1. The lowest BCUT2D eigenvalue weighted by Gasteiger charge is -2.31. The molecule has 0 aliphatic heterocycles. The Labute approximate surface area is 122 Å². The summed E-state index contributed by atoms with van der Waals surface area (Å²) in [5, 5.41) is 4.53. The van der Waals surface area contributed by atoms with E-state index in [1.807, 2.05) is 6.92 Å². The van der Waals surface area contributed by atoms with Gasteiger partial charge in [0.15, 0.2) is 0 Å². The van der Waals surface area contributed by atoms with E-state index >= 15 is 0 Å². The quantitative estimate of drug-likeness (QED) is 0.749. The smallest absolute Gasteiger partial charge is 0.0455 e. The molecule has 0 amide bonds. The number of hydrogen-bond acceptors (Lipinski definition) is 1. The minimum atomic E-state index is 0.622. The topological polar surface area (TPSA) is 12.0 Å². The van der Waals surface area contributed by atoms with Crippen LogP contribution in [0.15, 0.2) is 18.2 Å². The second kappa shape index (κ2) is 6.65. The monoisotopic (exact) mass is 279 g/mol. The maximum Gasteiger partial charge on any atom is 0.0455 e. The summed E-state index contributed by atoms with van der Waals surface area (Å²) < 4.78 is 0. The van der Waals surface area contributed by atoms with Crippen molar-refractivity contribution in [2.75, 3.05) is 5.32 Å². The van der Waals surface area contributed by atoms with Crippen molar-refractivity contribution in [2.45, 2.75) is 58.9 Å². The third kappa shape index (κ3) is 4.42. The van der Waals surface area contributed by atoms with Crippen LogP contribution in [0, 0.1) is 18.8 Å². The van der Waals surface area contributed by atoms with Gasteiger partial charge >= 0.3 is 0 Å². The van der Waals surface area contributed by atoms with Gasteiger partial charge in [0.05, 0.1) is 0 Å². The van der Waals surface area contributed by atoms with Gasteiger partial charge in [-0.3, -0.25) is 0 Å². The number of benzene rings is 1. The molecule has 1 aliphatic carbocycles. The zero-order chi connectivity index (χ0) is 13.8. The fourth-order valence-electron chi connectivity index (χ4n) is 3.22. The van der Waals surface area contributed by atoms with Gasteiger partial charge in [0, 0.05) is 16.8 Å². The van der Waals surface area contributed by atoms with Crippen molar-refractivity contribution >= 4 is 17.3 Å². The van der Waals surface area contributed by atoms with Crippen molar-refractivity contribution in [3.8, 4) is 0 Å². The highest BCUT2D eigenvalue weighted by molar-refractivity contribution is 6.31. The number of aryl methyl sites for hydroxylation is 1. The summed E-state index contributed by atoms with van der Waals surface area (Å²) in [6.45, 7) is 6.71. The first-order valence-electron chi connectivity index (χ1n) is 7.57.